The summed E-state index contributed by atoms with van der Waals surface area (Å²) < 4.78 is 28.6. The van der Waals surface area contributed by atoms with Crippen LogP contribution >= 0.6 is 0 Å². The molecule has 0 aromatic heterocycles. The summed E-state index contributed by atoms with van der Waals surface area (Å²) in [6.07, 6.45) is 4.44. The molecule has 1 amide bonds. The zero-order valence-electron chi connectivity index (χ0n) is 15.7. The summed E-state index contributed by atoms with van der Waals surface area (Å²) >= 11 is 0. The van der Waals surface area contributed by atoms with Crippen molar-refractivity contribution in [1.29, 1.82) is 0 Å². The molecule has 0 radical (unpaired) electrons. The maximum Gasteiger partial charge on any atom is 0.235 e. The number of aliphatic hydroxyl groups is 1. The Hall–Kier alpha value is -1.64. The van der Waals surface area contributed by atoms with Crippen molar-refractivity contribution < 1.29 is 23.1 Å². The number of sulfone groups is 1. The highest BCUT2D eigenvalue weighted by atomic mass is 32.2. The number of rotatable bonds is 11. The molecule has 1 aliphatic rings. The van der Waals surface area contributed by atoms with Gasteiger partial charge in [-0.25, -0.2) is 8.42 Å². The van der Waals surface area contributed by atoms with Crippen molar-refractivity contribution in [2.75, 3.05) is 44.4 Å². The third-order valence-electron chi connectivity index (χ3n) is 4.42. The van der Waals surface area contributed by atoms with E-state index in [0.29, 0.717) is 19.6 Å². The lowest BCUT2D eigenvalue weighted by atomic mass is 10.1. The molecule has 0 saturated carbocycles. The topological polar surface area (TPSA) is 95.9 Å². The van der Waals surface area contributed by atoms with Gasteiger partial charge in [0.05, 0.1) is 19.0 Å². The van der Waals surface area contributed by atoms with Crippen LogP contribution in [-0.4, -0.2) is 68.7 Å². The van der Waals surface area contributed by atoms with Crippen molar-refractivity contribution in [2.24, 2.45) is 0 Å². The van der Waals surface area contributed by atoms with Gasteiger partial charge in [0, 0.05) is 13.1 Å². The molecule has 1 fully saturated rings. The molecule has 1 heterocycles. The molecule has 1 aromatic carbocycles. The predicted octanol–water partition coefficient (Wildman–Crippen LogP) is 0.965. The van der Waals surface area contributed by atoms with Crippen molar-refractivity contribution >= 4 is 15.7 Å². The molecule has 1 aromatic rings. The molecular formula is C19H30N2O5S. The Bertz CT molecular complexity index is 687. The number of benzene rings is 1. The van der Waals surface area contributed by atoms with Gasteiger partial charge in [-0.1, -0.05) is 18.6 Å². The minimum Gasteiger partial charge on any atom is -0.494 e. The largest absolute Gasteiger partial charge is 0.494 e. The Kier molecular flexibility index (Phi) is 9.03. The molecule has 0 bridgehead atoms. The zero-order chi connectivity index (χ0) is 19.5. The summed E-state index contributed by atoms with van der Waals surface area (Å²) in [6, 6.07) is 8.06. The fourth-order valence-corrected chi connectivity index (χ4v) is 3.99. The Labute approximate surface area is 161 Å². The molecule has 1 aliphatic heterocycles. The monoisotopic (exact) mass is 398 g/mol. The van der Waals surface area contributed by atoms with Crippen LogP contribution in [-0.2, 0) is 21.2 Å². The standard InChI is InChI=1S/C19H30N2O5S/c22-11-13-27(24,25)16-19(23)20-8-5-12-26-18-7-4-6-17(14-18)15-21-9-2-1-3-10-21/h4,6-7,14,22H,1-3,5,8-13,15-16H2,(H,20,23). The maximum absolute atomic E-state index is 11.6. The lowest BCUT2D eigenvalue weighted by Crippen LogP contribution is -2.33. The van der Waals surface area contributed by atoms with Gasteiger partial charge in [-0.3, -0.25) is 9.69 Å². The van der Waals surface area contributed by atoms with Crippen LogP contribution < -0.4 is 10.1 Å². The smallest absolute Gasteiger partial charge is 0.235 e. The van der Waals surface area contributed by atoms with Gasteiger partial charge >= 0.3 is 0 Å². The Morgan fingerprint density at radius 2 is 2.00 bits per heavy atom. The quantitative estimate of drug-likeness (QED) is 0.539. The molecule has 0 aliphatic carbocycles. The summed E-state index contributed by atoms with van der Waals surface area (Å²) in [5, 5.41) is 11.2. The van der Waals surface area contributed by atoms with Crippen LogP contribution in [0.15, 0.2) is 24.3 Å². The van der Waals surface area contributed by atoms with Gasteiger partial charge in [0.2, 0.25) is 5.91 Å². The average molecular weight is 399 g/mol. The van der Waals surface area contributed by atoms with E-state index in [4.69, 9.17) is 9.84 Å². The highest BCUT2D eigenvalue weighted by Gasteiger charge is 2.15. The Morgan fingerprint density at radius 3 is 2.74 bits per heavy atom. The minimum absolute atomic E-state index is 0.348. The molecule has 7 nitrogen and oxygen atoms in total. The van der Waals surface area contributed by atoms with Crippen LogP contribution in [0.5, 0.6) is 5.75 Å². The molecule has 0 atom stereocenters. The second kappa shape index (κ2) is 11.3. The van der Waals surface area contributed by atoms with E-state index in [1.54, 1.807) is 0 Å². The van der Waals surface area contributed by atoms with Crippen molar-refractivity contribution in [3.8, 4) is 5.75 Å². The van der Waals surface area contributed by atoms with E-state index >= 15 is 0 Å². The molecule has 0 unspecified atom stereocenters. The maximum atomic E-state index is 11.6. The lowest BCUT2D eigenvalue weighted by molar-refractivity contribution is -0.118. The first kappa shape index (κ1) is 21.7. The third-order valence-corrected chi connectivity index (χ3v) is 5.93. The Morgan fingerprint density at radius 1 is 1.22 bits per heavy atom. The van der Waals surface area contributed by atoms with Gasteiger partial charge in [-0.05, 0) is 50.0 Å². The molecular weight excluding hydrogens is 368 g/mol. The van der Waals surface area contributed by atoms with Crippen LogP contribution in [0, 0.1) is 0 Å². The number of hydrogen-bond acceptors (Lipinski definition) is 6. The predicted molar refractivity (Wildman–Crippen MR) is 104 cm³/mol. The molecule has 27 heavy (non-hydrogen) atoms. The summed E-state index contributed by atoms with van der Waals surface area (Å²) in [5.74, 6) is -0.724. The number of nitrogens with zero attached hydrogens (tertiary/aromatic N) is 1. The highest BCUT2D eigenvalue weighted by Crippen LogP contribution is 2.17. The number of amides is 1. The number of aliphatic hydroxyl groups excluding tert-OH is 1. The number of piperidine rings is 1. The molecule has 152 valence electrons. The SMILES string of the molecule is O=C(CS(=O)(=O)CCO)NCCCOc1cccc(CN2CCCCC2)c1. The van der Waals surface area contributed by atoms with E-state index in [0.717, 1.165) is 25.4 Å². The van der Waals surface area contributed by atoms with Gasteiger partial charge in [0.15, 0.2) is 9.84 Å². The number of carbonyl (C=O) groups is 1. The number of likely N-dealkylation sites (tertiary alicyclic amines) is 1. The molecule has 8 heteroatoms. The van der Waals surface area contributed by atoms with Gasteiger partial charge in [-0.2, -0.15) is 0 Å². The normalized spacial score (nSPS) is 15.4. The zero-order valence-corrected chi connectivity index (χ0v) is 16.5. The van der Waals surface area contributed by atoms with Crippen LogP contribution in [0.25, 0.3) is 0 Å². The summed E-state index contributed by atoms with van der Waals surface area (Å²) in [5.41, 5.74) is 1.23. The van der Waals surface area contributed by atoms with Crippen LogP contribution in [0.3, 0.4) is 0 Å². The van der Waals surface area contributed by atoms with E-state index in [2.05, 4.69) is 22.3 Å². The van der Waals surface area contributed by atoms with Crippen molar-refractivity contribution in [1.82, 2.24) is 10.2 Å². The van der Waals surface area contributed by atoms with E-state index in [1.807, 2.05) is 12.1 Å². The minimum atomic E-state index is -3.53. The summed E-state index contributed by atoms with van der Waals surface area (Å²) in [4.78, 5) is 14.0. The fourth-order valence-electron chi connectivity index (χ4n) is 3.06. The van der Waals surface area contributed by atoms with E-state index in [-0.39, 0.29) is 0 Å². The van der Waals surface area contributed by atoms with Crippen LogP contribution in [0.1, 0.15) is 31.2 Å². The Balaban J connectivity index is 1.65. The van der Waals surface area contributed by atoms with Gasteiger partial charge in [0.25, 0.3) is 0 Å². The summed E-state index contributed by atoms with van der Waals surface area (Å²) in [6.45, 7) is 3.56. The highest BCUT2D eigenvalue weighted by molar-refractivity contribution is 7.92. The first-order valence-electron chi connectivity index (χ1n) is 9.50. The molecule has 0 spiro atoms. The lowest BCUT2D eigenvalue weighted by Gasteiger charge is -2.26. The van der Waals surface area contributed by atoms with E-state index in [1.165, 1.54) is 24.8 Å². The second-order valence-electron chi connectivity index (χ2n) is 6.85. The van der Waals surface area contributed by atoms with E-state index < -0.39 is 33.9 Å². The first-order valence-corrected chi connectivity index (χ1v) is 11.3. The third kappa shape index (κ3) is 8.73. The number of nitrogens with one attached hydrogen (secondary N) is 1. The van der Waals surface area contributed by atoms with Crippen LogP contribution in [0.4, 0.5) is 0 Å². The molecule has 1 saturated heterocycles. The van der Waals surface area contributed by atoms with Gasteiger partial charge in [0.1, 0.15) is 11.5 Å². The number of hydrogen-bond donors (Lipinski definition) is 2. The average Bonchev–Trinajstić information content (AvgIpc) is 2.62. The molecule has 2 rings (SSSR count). The van der Waals surface area contributed by atoms with E-state index in [9.17, 15) is 13.2 Å². The first-order chi connectivity index (χ1) is 13.0. The fraction of sp³-hybridized carbons (Fsp3) is 0.632. The second-order valence-corrected chi connectivity index (χ2v) is 9.04. The number of ether oxygens (including phenoxy) is 1. The van der Waals surface area contributed by atoms with Gasteiger partial charge < -0.3 is 15.2 Å². The number of carbonyl (C=O) groups excluding carboxylic acids is 1. The van der Waals surface area contributed by atoms with Gasteiger partial charge in [-0.15, -0.1) is 0 Å². The van der Waals surface area contributed by atoms with Crippen LogP contribution in [0.2, 0.25) is 0 Å². The van der Waals surface area contributed by atoms with Crippen molar-refractivity contribution in [3.05, 3.63) is 29.8 Å². The molecule has 2 N–H and O–H groups in total. The van der Waals surface area contributed by atoms with Crippen molar-refractivity contribution in [3.63, 3.8) is 0 Å². The summed E-state index contributed by atoms with van der Waals surface area (Å²) in [7, 11) is -3.53. The van der Waals surface area contributed by atoms with Crippen molar-refractivity contribution in [2.45, 2.75) is 32.2 Å².